The predicted octanol–water partition coefficient (Wildman–Crippen LogP) is 3.09. The van der Waals surface area contributed by atoms with Crippen LogP contribution in [-0.4, -0.2) is 26.7 Å². The maximum Gasteiger partial charge on any atom is 0.261 e. The van der Waals surface area contributed by atoms with Crippen molar-refractivity contribution in [3.63, 3.8) is 0 Å². The van der Waals surface area contributed by atoms with Gasteiger partial charge in [0.1, 0.15) is 6.61 Å². The molecule has 0 radical (unpaired) electrons. The van der Waals surface area contributed by atoms with Gasteiger partial charge in [0.15, 0.2) is 11.6 Å². The van der Waals surface area contributed by atoms with Crippen LogP contribution in [0.1, 0.15) is 26.7 Å². The lowest BCUT2D eigenvalue weighted by molar-refractivity contribution is -0.0330. The summed E-state index contributed by atoms with van der Waals surface area (Å²) in [7, 11) is 1.20. The lowest BCUT2D eigenvalue weighted by Gasteiger charge is -2.19. The fourth-order valence-electron chi connectivity index (χ4n) is 2.13. The average Bonchev–Trinajstić information content (AvgIpc) is 2.66. The summed E-state index contributed by atoms with van der Waals surface area (Å²) in [5.74, 6) is -0.772. The molecule has 0 amide bonds. The van der Waals surface area contributed by atoms with E-state index in [4.69, 9.17) is 20.2 Å². The summed E-state index contributed by atoms with van der Waals surface area (Å²) < 4.78 is 46.9. The standard InChI is InChI=1S/C13H16ClFO4S/c1-13(2)6-5-9(19-13)8-18-12-4-3-10(7-11(12)15)20(14,16)17/h3-4,7,9H,5-6,8H2,1-2H3. The van der Waals surface area contributed by atoms with Crippen molar-refractivity contribution in [3.8, 4) is 5.75 Å². The molecule has 0 aromatic heterocycles. The summed E-state index contributed by atoms with van der Waals surface area (Å²) >= 11 is 0. The molecular formula is C13H16ClFO4S. The van der Waals surface area contributed by atoms with E-state index in [0.29, 0.717) is 0 Å². The van der Waals surface area contributed by atoms with Crippen LogP contribution in [0.25, 0.3) is 0 Å². The molecule has 1 saturated heterocycles. The molecule has 1 aliphatic rings. The molecule has 4 nitrogen and oxygen atoms in total. The number of rotatable bonds is 4. The quantitative estimate of drug-likeness (QED) is 0.799. The van der Waals surface area contributed by atoms with E-state index in [-0.39, 0.29) is 29.0 Å². The molecule has 20 heavy (non-hydrogen) atoms. The Morgan fingerprint density at radius 3 is 2.70 bits per heavy atom. The minimum absolute atomic E-state index is 0.0117. The van der Waals surface area contributed by atoms with E-state index in [9.17, 15) is 12.8 Å². The van der Waals surface area contributed by atoms with Crippen LogP contribution in [0.5, 0.6) is 5.75 Å². The van der Waals surface area contributed by atoms with E-state index < -0.39 is 14.9 Å². The van der Waals surface area contributed by atoms with Crippen LogP contribution >= 0.6 is 10.7 Å². The van der Waals surface area contributed by atoms with Gasteiger partial charge in [0, 0.05) is 10.7 Å². The molecule has 0 N–H and O–H groups in total. The Labute approximate surface area is 122 Å². The highest BCUT2D eigenvalue weighted by atomic mass is 35.7. The van der Waals surface area contributed by atoms with Crippen molar-refractivity contribution in [1.82, 2.24) is 0 Å². The highest BCUT2D eigenvalue weighted by Gasteiger charge is 2.32. The molecule has 1 heterocycles. The van der Waals surface area contributed by atoms with Crippen molar-refractivity contribution in [2.24, 2.45) is 0 Å². The third-order valence-corrected chi connectivity index (χ3v) is 4.52. The van der Waals surface area contributed by atoms with E-state index in [1.807, 2.05) is 13.8 Å². The molecule has 2 rings (SSSR count). The van der Waals surface area contributed by atoms with Crippen molar-refractivity contribution in [1.29, 1.82) is 0 Å². The van der Waals surface area contributed by atoms with Crippen molar-refractivity contribution in [2.75, 3.05) is 6.61 Å². The Kier molecular flexibility index (Phi) is 4.27. The second-order valence-electron chi connectivity index (χ2n) is 5.38. The second kappa shape index (κ2) is 5.50. The van der Waals surface area contributed by atoms with Gasteiger partial charge in [-0.15, -0.1) is 0 Å². The Balaban J connectivity index is 2.01. The summed E-state index contributed by atoms with van der Waals surface area (Å²) in [4.78, 5) is -0.290. The molecular weight excluding hydrogens is 307 g/mol. The van der Waals surface area contributed by atoms with Crippen LogP contribution in [0.4, 0.5) is 4.39 Å². The first-order chi connectivity index (χ1) is 9.17. The normalized spacial score (nSPS) is 21.9. The lowest BCUT2D eigenvalue weighted by Crippen LogP contribution is -2.24. The number of hydrogen-bond donors (Lipinski definition) is 0. The van der Waals surface area contributed by atoms with E-state index in [1.54, 1.807) is 0 Å². The fourth-order valence-corrected chi connectivity index (χ4v) is 2.89. The Hall–Kier alpha value is -0.850. The van der Waals surface area contributed by atoms with Gasteiger partial charge < -0.3 is 9.47 Å². The molecule has 0 spiro atoms. The third-order valence-electron chi connectivity index (χ3n) is 3.16. The number of benzene rings is 1. The van der Waals surface area contributed by atoms with Crippen LogP contribution < -0.4 is 4.74 Å². The summed E-state index contributed by atoms with van der Waals surface area (Å²) in [6.45, 7) is 4.22. The first-order valence-electron chi connectivity index (χ1n) is 6.22. The number of halogens is 2. The lowest BCUT2D eigenvalue weighted by atomic mass is 10.1. The SMILES string of the molecule is CC1(C)CCC(COc2ccc(S(=O)(=O)Cl)cc2F)O1. The summed E-state index contributed by atoms with van der Waals surface area (Å²) in [5.41, 5.74) is -0.177. The van der Waals surface area contributed by atoms with Crippen molar-refractivity contribution in [2.45, 2.75) is 43.3 Å². The first-order valence-corrected chi connectivity index (χ1v) is 8.53. The fraction of sp³-hybridized carbons (Fsp3) is 0.538. The maximum absolute atomic E-state index is 13.7. The Morgan fingerprint density at radius 1 is 1.50 bits per heavy atom. The van der Waals surface area contributed by atoms with Gasteiger partial charge in [-0.1, -0.05) is 0 Å². The topological polar surface area (TPSA) is 52.6 Å². The minimum atomic E-state index is -3.94. The molecule has 1 atom stereocenters. The molecule has 1 unspecified atom stereocenters. The van der Waals surface area contributed by atoms with Crippen LogP contribution in [0.3, 0.4) is 0 Å². The molecule has 0 saturated carbocycles. The van der Waals surface area contributed by atoms with Crippen LogP contribution in [0.15, 0.2) is 23.1 Å². The maximum atomic E-state index is 13.7. The van der Waals surface area contributed by atoms with Crippen LogP contribution in [-0.2, 0) is 13.8 Å². The van der Waals surface area contributed by atoms with Gasteiger partial charge in [-0.05, 0) is 44.9 Å². The Bertz CT molecular complexity index is 600. The van der Waals surface area contributed by atoms with Crippen LogP contribution in [0.2, 0.25) is 0 Å². The van der Waals surface area contributed by atoms with E-state index >= 15 is 0 Å². The van der Waals surface area contributed by atoms with Gasteiger partial charge in [0.2, 0.25) is 0 Å². The van der Waals surface area contributed by atoms with Crippen molar-refractivity contribution in [3.05, 3.63) is 24.0 Å². The molecule has 0 aliphatic carbocycles. The monoisotopic (exact) mass is 322 g/mol. The first kappa shape index (κ1) is 15.5. The molecule has 112 valence electrons. The highest BCUT2D eigenvalue weighted by Crippen LogP contribution is 2.30. The van der Waals surface area contributed by atoms with Crippen molar-refractivity contribution >= 4 is 19.7 Å². The van der Waals surface area contributed by atoms with Gasteiger partial charge in [-0.25, -0.2) is 12.8 Å². The molecule has 1 aromatic rings. The minimum Gasteiger partial charge on any atom is -0.488 e. The molecule has 7 heteroatoms. The molecule has 1 aromatic carbocycles. The summed E-state index contributed by atoms with van der Waals surface area (Å²) in [6, 6.07) is 3.31. The van der Waals surface area contributed by atoms with E-state index in [0.717, 1.165) is 18.9 Å². The van der Waals surface area contributed by atoms with Gasteiger partial charge in [0.05, 0.1) is 16.6 Å². The zero-order valence-corrected chi connectivity index (χ0v) is 12.8. The second-order valence-corrected chi connectivity index (χ2v) is 7.95. The molecule has 0 bridgehead atoms. The number of hydrogen-bond acceptors (Lipinski definition) is 4. The largest absolute Gasteiger partial charge is 0.488 e. The average molecular weight is 323 g/mol. The van der Waals surface area contributed by atoms with Gasteiger partial charge in [-0.2, -0.15) is 0 Å². The third kappa shape index (κ3) is 3.84. The smallest absolute Gasteiger partial charge is 0.261 e. The zero-order chi connectivity index (χ0) is 15.0. The number of ether oxygens (including phenoxy) is 2. The summed E-state index contributed by atoms with van der Waals surface area (Å²) in [5, 5.41) is 0. The predicted molar refractivity (Wildman–Crippen MR) is 73.1 cm³/mol. The van der Waals surface area contributed by atoms with Crippen molar-refractivity contribution < 1.29 is 22.3 Å². The Morgan fingerprint density at radius 2 is 2.20 bits per heavy atom. The zero-order valence-electron chi connectivity index (χ0n) is 11.2. The molecule has 1 fully saturated rings. The summed E-state index contributed by atoms with van der Waals surface area (Å²) in [6.07, 6.45) is 1.69. The van der Waals surface area contributed by atoms with E-state index in [2.05, 4.69) is 0 Å². The van der Waals surface area contributed by atoms with E-state index in [1.165, 1.54) is 12.1 Å². The van der Waals surface area contributed by atoms with Gasteiger partial charge in [-0.3, -0.25) is 0 Å². The van der Waals surface area contributed by atoms with Gasteiger partial charge in [0.25, 0.3) is 9.05 Å². The van der Waals surface area contributed by atoms with Crippen LogP contribution in [0, 0.1) is 5.82 Å². The highest BCUT2D eigenvalue weighted by molar-refractivity contribution is 8.13. The molecule has 1 aliphatic heterocycles. The van der Waals surface area contributed by atoms with Gasteiger partial charge >= 0.3 is 0 Å².